The quantitative estimate of drug-likeness (QED) is 0.364. The van der Waals surface area contributed by atoms with Crippen LogP contribution in [0.4, 0.5) is 10.1 Å². The number of oxime groups is 1. The molecular formula is C13H16FN3O. The number of hydrogen-bond donors (Lipinski definition) is 2. The minimum Gasteiger partial charge on any atom is -0.409 e. The molecule has 2 aliphatic rings. The van der Waals surface area contributed by atoms with Crippen molar-refractivity contribution in [3.05, 3.63) is 29.6 Å². The molecule has 5 heteroatoms. The zero-order valence-corrected chi connectivity index (χ0v) is 10.0. The van der Waals surface area contributed by atoms with E-state index >= 15 is 0 Å². The highest BCUT2D eigenvalue weighted by Crippen LogP contribution is 2.41. The summed E-state index contributed by atoms with van der Waals surface area (Å²) in [6.45, 7) is 0.944. The van der Waals surface area contributed by atoms with E-state index in [-0.39, 0.29) is 11.4 Å². The van der Waals surface area contributed by atoms with Gasteiger partial charge in [0.25, 0.3) is 0 Å². The van der Waals surface area contributed by atoms with Gasteiger partial charge in [0, 0.05) is 12.6 Å². The average Bonchev–Trinajstić information content (AvgIpc) is 2.99. The van der Waals surface area contributed by atoms with E-state index in [9.17, 15) is 4.39 Å². The highest BCUT2D eigenvalue weighted by molar-refractivity contribution is 6.02. The molecule has 2 fully saturated rings. The van der Waals surface area contributed by atoms with E-state index in [0.29, 0.717) is 12.0 Å². The Bertz CT molecular complexity index is 503. The van der Waals surface area contributed by atoms with Gasteiger partial charge in [-0.3, -0.25) is 0 Å². The molecule has 0 amide bonds. The smallest absolute Gasteiger partial charge is 0.175 e. The monoisotopic (exact) mass is 249 g/mol. The van der Waals surface area contributed by atoms with Gasteiger partial charge in [0.05, 0.1) is 11.3 Å². The fourth-order valence-electron chi connectivity index (χ4n) is 3.28. The van der Waals surface area contributed by atoms with Crippen molar-refractivity contribution in [2.75, 3.05) is 11.4 Å². The van der Waals surface area contributed by atoms with E-state index in [4.69, 9.17) is 10.9 Å². The molecule has 0 radical (unpaired) electrons. The van der Waals surface area contributed by atoms with Crippen molar-refractivity contribution in [1.82, 2.24) is 0 Å². The third-order valence-electron chi connectivity index (χ3n) is 4.07. The van der Waals surface area contributed by atoms with Crippen LogP contribution in [0.5, 0.6) is 0 Å². The highest BCUT2D eigenvalue weighted by Gasteiger charge is 2.39. The minimum atomic E-state index is -0.439. The number of benzene rings is 1. The molecule has 1 aliphatic heterocycles. The van der Waals surface area contributed by atoms with Crippen molar-refractivity contribution in [2.45, 2.75) is 25.3 Å². The number of piperidine rings is 1. The average molecular weight is 249 g/mol. The molecule has 1 aromatic rings. The van der Waals surface area contributed by atoms with E-state index < -0.39 is 5.82 Å². The molecule has 3 N–H and O–H groups in total. The van der Waals surface area contributed by atoms with Gasteiger partial charge in [-0.05, 0) is 37.3 Å². The lowest BCUT2D eigenvalue weighted by Gasteiger charge is -2.30. The molecule has 2 atom stereocenters. The second-order valence-corrected chi connectivity index (χ2v) is 5.10. The summed E-state index contributed by atoms with van der Waals surface area (Å²) < 4.78 is 13.9. The standard InChI is InChI=1S/C13H16FN3O/c14-10-2-1-3-11(12(10)13(15)16-18)17-7-8-4-5-9(17)6-8/h1-3,8-9,18H,4-7H2,(H2,15,16). The van der Waals surface area contributed by atoms with Crippen LogP contribution >= 0.6 is 0 Å². The molecule has 2 unspecified atom stereocenters. The number of nitrogens with zero attached hydrogens (tertiary/aromatic N) is 2. The Hall–Kier alpha value is -1.78. The minimum absolute atomic E-state index is 0.161. The first-order valence-corrected chi connectivity index (χ1v) is 6.23. The zero-order chi connectivity index (χ0) is 12.7. The first-order valence-electron chi connectivity index (χ1n) is 6.23. The highest BCUT2D eigenvalue weighted by atomic mass is 19.1. The lowest BCUT2D eigenvalue weighted by Crippen LogP contribution is -2.34. The Kier molecular flexibility index (Phi) is 2.61. The third kappa shape index (κ3) is 1.62. The number of nitrogens with two attached hydrogens (primary N) is 1. The number of fused-ring (bicyclic) bond motifs is 2. The van der Waals surface area contributed by atoms with Crippen LogP contribution in [0.3, 0.4) is 0 Å². The Balaban J connectivity index is 2.04. The molecule has 1 heterocycles. The predicted molar refractivity (Wildman–Crippen MR) is 67.4 cm³/mol. The Morgan fingerprint density at radius 3 is 2.89 bits per heavy atom. The Labute approximate surface area is 105 Å². The van der Waals surface area contributed by atoms with E-state index in [2.05, 4.69) is 10.1 Å². The van der Waals surface area contributed by atoms with Gasteiger partial charge in [-0.15, -0.1) is 0 Å². The van der Waals surface area contributed by atoms with Crippen LogP contribution in [0, 0.1) is 11.7 Å². The van der Waals surface area contributed by atoms with Gasteiger partial charge >= 0.3 is 0 Å². The van der Waals surface area contributed by atoms with Crippen molar-refractivity contribution < 1.29 is 9.60 Å². The van der Waals surface area contributed by atoms with Gasteiger partial charge in [-0.25, -0.2) is 4.39 Å². The van der Waals surface area contributed by atoms with Crippen LogP contribution in [0.1, 0.15) is 24.8 Å². The molecule has 1 aliphatic carbocycles. The van der Waals surface area contributed by atoms with Crippen LogP contribution in [-0.4, -0.2) is 23.6 Å². The van der Waals surface area contributed by atoms with Crippen LogP contribution in [0.2, 0.25) is 0 Å². The molecule has 4 nitrogen and oxygen atoms in total. The molecule has 1 saturated heterocycles. The van der Waals surface area contributed by atoms with Crippen LogP contribution in [-0.2, 0) is 0 Å². The molecular weight excluding hydrogens is 233 g/mol. The number of rotatable bonds is 2. The van der Waals surface area contributed by atoms with Crippen molar-refractivity contribution in [3.8, 4) is 0 Å². The molecule has 2 bridgehead atoms. The van der Waals surface area contributed by atoms with Crippen LogP contribution < -0.4 is 10.6 Å². The SMILES string of the molecule is NC(=NO)c1c(F)cccc1N1CC2CCC1C2. The second kappa shape index (κ2) is 4.15. The lowest BCUT2D eigenvalue weighted by atomic mass is 10.1. The molecule has 3 rings (SSSR count). The fraction of sp³-hybridized carbons (Fsp3) is 0.462. The predicted octanol–water partition coefficient (Wildman–Crippen LogP) is 1.91. The third-order valence-corrected chi connectivity index (χ3v) is 4.07. The zero-order valence-electron chi connectivity index (χ0n) is 10.0. The molecule has 0 spiro atoms. The number of halogens is 1. The van der Waals surface area contributed by atoms with E-state index in [1.54, 1.807) is 6.07 Å². The van der Waals surface area contributed by atoms with Gasteiger partial charge in [-0.2, -0.15) is 0 Å². The molecule has 18 heavy (non-hydrogen) atoms. The van der Waals surface area contributed by atoms with Gasteiger partial charge in [0.1, 0.15) is 5.82 Å². The molecule has 96 valence electrons. The first kappa shape index (κ1) is 11.3. The summed E-state index contributed by atoms with van der Waals surface area (Å²) in [6, 6.07) is 5.33. The summed E-state index contributed by atoms with van der Waals surface area (Å²) >= 11 is 0. The molecule has 1 saturated carbocycles. The summed E-state index contributed by atoms with van der Waals surface area (Å²) in [5.74, 6) is 0.106. The summed E-state index contributed by atoms with van der Waals surface area (Å²) in [6.07, 6.45) is 3.58. The summed E-state index contributed by atoms with van der Waals surface area (Å²) in [4.78, 5) is 2.20. The van der Waals surface area contributed by atoms with Gasteiger partial charge < -0.3 is 15.8 Å². The number of amidine groups is 1. The normalized spacial score (nSPS) is 26.9. The van der Waals surface area contributed by atoms with Crippen molar-refractivity contribution >= 4 is 11.5 Å². The molecule has 0 aromatic heterocycles. The summed E-state index contributed by atoms with van der Waals surface area (Å²) in [7, 11) is 0. The largest absolute Gasteiger partial charge is 0.409 e. The molecule has 1 aromatic carbocycles. The maximum atomic E-state index is 13.9. The van der Waals surface area contributed by atoms with Crippen molar-refractivity contribution in [2.24, 2.45) is 16.8 Å². The van der Waals surface area contributed by atoms with Crippen LogP contribution in [0.15, 0.2) is 23.4 Å². The van der Waals surface area contributed by atoms with Gasteiger partial charge in [-0.1, -0.05) is 11.2 Å². The van der Waals surface area contributed by atoms with Crippen LogP contribution in [0.25, 0.3) is 0 Å². The van der Waals surface area contributed by atoms with Crippen molar-refractivity contribution in [1.29, 1.82) is 0 Å². The lowest BCUT2D eigenvalue weighted by molar-refractivity contribution is 0.318. The topological polar surface area (TPSA) is 61.9 Å². The van der Waals surface area contributed by atoms with E-state index in [0.717, 1.165) is 18.7 Å². The van der Waals surface area contributed by atoms with Crippen molar-refractivity contribution in [3.63, 3.8) is 0 Å². The van der Waals surface area contributed by atoms with Gasteiger partial charge in [0.2, 0.25) is 0 Å². The van der Waals surface area contributed by atoms with E-state index in [1.165, 1.54) is 18.9 Å². The van der Waals surface area contributed by atoms with Gasteiger partial charge in [0.15, 0.2) is 5.84 Å². The van der Waals surface area contributed by atoms with E-state index in [1.807, 2.05) is 6.07 Å². The summed E-state index contributed by atoms with van der Waals surface area (Å²) in [5, 5.41) is 11.7. The summed E-state index contributed by atoms with van der Waals surface area (Å²) in [5.41, 5.74) is 6.56. The number of hydrogen-bond acceptors (Lipinski definition) is 3. The first-order chi connectivity index (χ1) is 8.70. The fourth-order valence-corrected chi connectivity index (χ4v) is 3.28. The Morgan fingerprint density at radius 2 is 2.28 bits per heavy atom. The second-order valence-electron chi connectivity index (χ2n) is 5.10. The maximum absolute atomic E-state index is 13.9. The maximum Gasteiger partial charge on any atom is 0.175 e. The number of anilines is 1. The Morgan fingerprint density at radius 1 is 1.44 bits per heavy atom.